The summed E-state index contributed by atoms with van der Waals surface area (Å²) >= 11 is 5.92. The molecule has 0 saturated carbocycles. The van der Waals surface area contributed by atoms with Gasteiger partial charge in [-0.2, -0.15) is 0 Å². The highest BCUT2D eigenvalue weighted by molar-refractivity contribution is 6.30. The van der Waals surface area contributed by atoms with Crippen molar-refractivity contribution in [1.29, 1.82) is 0 Å². The van der Waals surface area contributed by atoms with Gasteiger partial charge in [-0.25, -0.2) is 9.48 Å². The summed E-state index contributed by atoms with van der Waals surface area (Å²) in [5.41, 5.74) is 2.36. The van der Waals surface area contributed by atoms with E-state index in [2.05, 4.69) is 15.6 Å². The van der Waals surface area contributed by atoms with E-state index >= 15 is 0 Å². The van der Waals surface area contributed by atoms with Crippen molar-refractivity contribution in [1.82, 2.24) is 20.3 Å². The number of alkyl carbamates (subject to hydrolysis) is 1. The van der Waals surface area contributed by atoms with Crippen LogP contribution in [0.25, 0.3) is 11.0 Å². The molecule has 1 atom stereocenters. The van der Waals surface area contributed by atoms with E-state index in [0.29, 0.717) is 5.02 Å². The van der Waals surface area contributed by atoms with Crippen LogP contribution in [0.2, 0.25) is 5.02 Å². The van der Waals surface area contributed by atoms with Gasteiger partial charge in [0.15, 0.2) is 6.17 Å². The fraction of sp³-hybridized carbons (Fsp3) is 0.133. The SMILES string of the molecule is COC(=O)NC(c1ccc(Cl)cc1)n1nnc2ccccc21. The maximum absolute atomic E-state index is 11.7. The lowest BCUT2D eigenvalue weighted by Gasteiger charge is -2.19. The van der Waals surface area contributed by atoms with Gasteiger partial charge in [-0.15, -0.1) is 5.10 Å². The number of carbonyl (C=O) groups excluding carboxylic acids is 1. The van der Waals surface area contributed by atoms with Crippen molar-refractivity contribution >= 4 is 28.7 Å². The van der Waals surface area contributed by atoms with Gasteiger partial charge in [-0.3, -0.25) is 5.32 Å². The molecular formula is C15H13ClN4O2. The third kappa shape index (κ3) is 2.73. The molecule has 3 rings (SSSR count). The molecule has 7 heteroatoms. The third-order valence-corrected chi connectivity index (χ3v) is 3.50. The Kier molecular flexibility index (Phi) is 3.93. The second-order valence-electron chi connectivity index (χ2n) is 4.61. The molecule has 0 spiro atoms. The standard InChI is InChI=1S/C15H13ClN4O2/c1-22-15(21)17-14(10-6-8-11(16)9-7-10)20-13-5-3-2-4-12(13)18-19-20/h2-9,14H,1H3,(H,17,21). The van der Waals surface area contributed by atoms with Crippen molar-refractivity contribution in [2.45, 2.75) is 6.17 Å². The molecule has 0 aliphatic heterocycles. The summed E-state index contributed by atoms with van der Waals surface area (Å²) in [5.74, 6) is 0. The number of hydrogen-bond donors (Lipinski definition) is 1. The van der Waals surface area contributed by atoms with Crippen molar-refractivity contribution in [3.63, 3.8) is 0 Å². The second-order valence-corrected chi connectivity index (χ2v) is 5.05. The summed E-state index contributed by atoms with van der Waals surface area (Å²) in [4.78, 5) is 11.7. The number of halogens is 1. The van der Waals surface area contributed by atoms with Gasteiger partial charge < -0.3 is 4.74 Å². The minimum Gasteiger partial charge on any atom is -0.453 e. The molecule has 1 N–H and O–H groups in total. The van der Waals surface area contributed by atoms with Gasteiger partial charge in [0.2, 0.25) is 0 Å². The van der Waals surface area contributed by atoms with Crippen LogP contribution in [0.15, 0.2) is 48.5 Å². The van der Waals surface area contributed by atoms with Crippen molar-refractivity contribution < 1.29 is 9.53 Å². The van der Waals surface area contributed by atoms with Crippen molar-refractivity contribution in [2.75, 3.05) is 7.11 Å². The molecule has 2 aromatic carbocycles. The number of benzene rings is 2. The van der Waals surface area contributed by atoms with E-state index in [-0.39, 0.29) is 0 Å². The van der Waals surface area contributed by atoms with Crippen LogP contribution in [0, 0.1) is 0 Å². The number of nitrogens with one attached hydrogen (secondary N) is 1. The zero-order valence-corrected chi connectivity index (χ0v) is 12.5. The van der Waals surface area contributed by atoms with E-state index in [0.717, 1.165) is 16.6 Å². The molecule has 1 unspecified atom stereocenters. The lowest BCUT2D eigenvalue weighted by Crippen LogP contribution is -2.33. The van der Waals surface area contributed by atoms with Crippen LogP contribution in [0.5, 0.6) is 0 Å². The largest absolute Gasteiger partial charge is 0.453 e. The zero-order valence-electron chi connectivity index (χ0n) is 11.7. The first-order valence-corrected chi connectivity index (χ1v) is 6.96. The van der Waals surface area contributed by atoms with Crippen molar-refractivity contribution in [3.05, 3.63) is 59.1 Å². The van der Waals surface area contributed by atoms with Crippen LogP contribution in [0.1, 0.15) is 11.7 Å². The summed E-state index contributed by atoms with van der Waals surface area (Å²) < 4.78 is 6.33. The molecule has 22 heavy (non-hydrogen) atoms. The van der Waals surface area contributed by atoms with Crippen molar-refractivity contribution in [2.24, 2.45) is 0 Å². The highest BCUT2D eigenvalue weighted by Gasteiger charge is 2.20. The lowest BCUT2D eigenvalue weighted by molar-refractivity contribution is 0.163. The number of methoxy groups -OCH3 is 1. The Bertz CT molecular complexity index is 801. The molecule has 1 amide bonds. The number of ether oxygens (including phenoxy) is 1. The molecule has 0 aliphatic carbocycles. The Morgan fingerprint density at radius 2 is 1.95 bits per heavy atom. The number of para-hydroxylation sites is 1. The minimum absolute atomic E-state index is 0.544. The fourth-order valence-electron chi connectivity index (χ4n) is 2.18. The van der Waals surface area contributed by atoms with Gasteiger partial charge in [-0.05, 0) is 29.8 Å². The van der Waals surface area contributed by atoms with Crippen LogP contribution in [0.4, 0.5) is 4.79 Å². The number of fused-ring (bicyclic) bond motifs is 1. The molecule has 0 saturated heterocycles. The molecular weight excluding hydrogens is 304 g/mol. The van der Waals surface area contributed by atoms with Gasteiger partial charge in [-0.1, -0.05) is 41.1 Å². The number of aromatic nitrogens is 3. The van der Waals surface area contributed by atoms with Gasteiger partial charge in [0.1, 0.15) is 5.52 Å². The predicted octanol–water partition coefficient (Wildman–Crippen LogP) is 2.99. The molecule has 0 fully saturated rings. The molecule has 3 aromatic rings. The highest BCUT2D eigenvalue weighted by atomic mass is 35.5. The Labute approximate surface area is 131 Å². The fourth-order valence-corrected chi connectivity index (χ4v) is 2.31. The predicted molar refractivity (Wildman–Crippen MR) is 82.7 cm³/mol. The number of amides is 1. The van der Waals surface area contributed by atoms with Crippen LogP contribution >= 0.6 is 11.6 Å². The normalized spacial score (nSPS) is 12.1. The number of rotatable bonds is 3. The second kappa shape index (κ2) is 6.03. The quantitative estimate of drug-likeness (QED) is 0.806. The first-order valence-electron chi connectivity index (χ1n) is 6.59. The minimum atomic E-state index is -0.556. The van der Waals surface area contributed by atoms with E-state index < -0.39 is 12.3 Å². The van der Waals surface area contributed by atoms with Gasteiger partial charge in [0.05, 0.1) is 12.6 Å². The van der Waals surface area contributed by atoms with Crippen LogP contribution in [-0.2, 0) is 4.74 Å². The van der Waals surface area contributed by atoms with Crippen LogP contribution < -0.4 is 5.32 Å². The summed E-state index contributed by atoms with van der Waals surface area (Å²) in [6, 6.07) is 14.7. The smallest absolute Gasteiger partial charge is 0.408 e. The molecule has 1 heterocycles. The molecule has 6 nitrogen and oxygen atoms in total. The Balaban J connectivity index is 2.08. The monoisotopic (exact) mass is 316 g/mol. The Morgan fingerprint density at radius 3 is 2.68 bits per heavy atom. The average Bonchev–Trinajstić information content (AvgIpc) is 2.97. The van der Waals surface area contributed by atoms with E-state index in [1.165, 1.54) is 7.11 Å². The van der Waals surface area contributed by atoms with Gasteiger partial charge in [0, 0.05) is 5.02 Å². The van der Waals surface area contributed by atoms with E-state index in [1.54, 1.807) is 16.8 Å². The van der Waals surface area contributed by atoms with E-state index in [1.807, 2.05) is 36.4 Å². The lowest BCUT2D eigenvalue weighted by atomic mass is 10.1. The summed E-state index contributed by atoms with van der Waals surface area (Å²) in [6.07, 6.45) is -1.10. The van der Waals surface area contributed by atoms with Crippen molar-refractivity contribution in [3.8, 4) is 0 Å². The third-order valence-electron chi connectivity index (χ3n) is 3.25. The zero-order chi connectivity index (χ0) is 15.5. The summed E-state index contributed by atoms with van der Waals surface area (Å²) in [7, 11) is 1.31. The van der Waals surface area contributed by atoms with E-state index in [9.17, 15) is 4.79 Å². The van der Waals surface area contributed by atoms with E-state index in [4.69, 9.17) is 16.3 Å². The highest BCUT2D eigenvalue weighted by Crippen LogP contribution is 2.22. The molecule has 0 aliphatic rings. The maximum atomic E-state index is 11.7. The maximum Gasteiger partial charge on any atom is 0.408 e. The summed E-state index contributed by atoms with van der Waals surface area (Å²) in [6.45, 7) is 0. The molecule has 112 valence electrons. The van der Waals surface area contributed by atoms with Crippen LogP contribution in [0.3, 0.4) is 0 Å². The van der Waals surface area contributed by atoms with Crippen LogP contribution in [-0.4, -0.2) is 28.2 Å². The first-order chi connectivity index (χ1) is 10.7. The molecule has 1 aromatic heterocycles. The summed E-state index contributed by atoms with van der Waals surface area (Å²) in [5, 5.41) is 11.6. The van der Waals surface area contributed by atoms with Gasteiger partial charge >= 0.3 is 6.09 Å². The Hall–Kier alpha value is -2.60. The first kappa shape index (κ1) is 14.3. The topological polar surface area (TPSA) is 69.0 Å². The molecule has 0 radical (unpaired) electrons. The molecule has 0 bridgehead atoms. The Morgan fingerprint density at radius 1 is 1.23 bits per heavy atom. The number of nitrogens with zero attached hydrogens (tertiary/aromatic N) is 3. The number of hydrogen-bond acceptors (Lipinski definition) is 4. The van der Waals surface area contributed by atoms with Gasteiger partial charge in [0.25, 0.3) is 0 Å². The number of carbonyl (C=O) groups is 1. The average molecular weight is 317 g/mol.